The lowest BCUT2D eigenvalue weighted by atomic mass is 10.0. The van der Waals surface area contributed by atoms with E-state index in [0.717, 1.165) is 16.5 Å². The summed E-state index contributed by atoms with van der Waals surface area (Å²) in [6, 6.07) is 23.0. The summed E-state index contributed by atoms with van der Waals surface area (Å²) in [6.07, 6.45) is 1.51. The average Bonchev–Trinajstić information content (AvgIpc) is 2.75. The first kappa shape index (κ1) is 18.7. The number of nitrogens with zero attached hydrogens (tertiary/aromatic N) is 2. The molecule has 0 spiro atoms. The number of hydrogen-bond donors (Lipinski definition) is 2. The van der Waals surface area contributed by atoms with Gasteiger partial charge in [0.25, 0.3) is 5.91 Å². The Balaban J connectivity index is 1.67. The molecule has 4 aromatic rings. The number of fused-ring (bicyclic) bond motifs is 1. The van der Waals surface area contributed by atoms with Crippen molar-refractivity contribution in [1.82, 2.24) is 10.4 Å². The Labute approximate surface area is 172 Å². The molecule has 0 atom stereocenters. The number of phenols is 1. The molecule has 0 radical (unpaired) electrons. The number of hydrazone groups is 1. The Kier molecular flexibility index (Phi) is 5.22. The third kappa shape index (κ3) is 4.25. The first-order valence-electron chi connectivity index (χ1n) is 8.88. The van der Waals surface area contributed by atoms with Crippen LogP contribution >= 0.6 is 11.6 Å². The molecule has 1 heterocycles. The van der Waals surface area contributed by atoms with Crippen molar-refractivity contribution in [3.63, 3.8) is 0 Å². The van der Waals surface area contributed by atoms with Crippen LogP contribution in [0, 0.1) is 0 Å². The van der Waals surface area contributed by atoms with Crippen LogP contribution < -0.4 is 5.43 Å². The molecule has 142 valence electrons. The Morgan fingerprint density at radius 2 is 1.72 bits per heavy atom. The minimum absolute atomic E-state index is 0.171. The summed E-state index contributed by atoms with van der Waals surface area (Å²) in [5.74, 6) is -0.169. The van der Waals surface area contributed by atoms with Crippen LogP contribution in [0.2, 0.25) is 5.02 Å². The zero-order valence-electron chi connectivity index (χ0n) is 15.2. The van der Waals surface area contributed by atoms with Crippen molar-refractivity contribution in [2.75, 3.05) is 0 Å². The van der Waals surface area contributed by atoms with Gasteiger partial charge in [0.1, 0.15) is 5.75 Å². The van der Waals surface area contributed by atoms with E-state index in [1.165, 1.54) is 6.21 Å². The van der Waals surface area contributed by atoms with Crippen LogP contribution in [0.4, 0.5) is 0 Å². The first-order chi connectivity index (χ1) is 14.1. The van der Waals surface area contributed by atoms with Crippen LogP contribution in [0.1, 0.15) is 15.9 Å². The van der Waals surface area contributed by atoms with Crippen LogP contribution in [-0.4, -0.2) is 22.2 Å². The number of aromatic nitrogens is 1. The summed E-state index contributed by atoms with van der Waals surface area (Å²) in [5.41, 5.74) is 6.04. The van der Waals surface area contributed by atoms with Gasteiger partial charge in [-0.1, -0.05) is 41.9 Å². The summed E-state index contributed by atoms with van der Waals surface area (Å²) in [4.78, 5) is 17.5. The fourth-order valence-electron chi connectivity index (χ4n) is 2.92. The highest BCUT2D eigenvalue weighted by molar-refractivity contribution is 6.30. The molecule has 1 amide bonds. The van der Waals surface area contributed by atoms with E-state index >= 15 is 0 Å². The molecule has 0 fully saturated rings. The maximum Gasteiger partial charge on any atom is 0.272 e. The smallest absolute Gasteiger partial charge is 0.272 e. The third-order valence-electron chi connectivity index (χ3n) is 4.37. The number of carbonyl (C=O) groups is 1. The highest BCUT2D eigenvalue weighted by atomic mass is 35.5. The maximum absolute atomic E-state index is 12.8. The largest absolute Gasteiger partial charge is 0.508 e. The van der Waals surface area contributed by atoms with E-state index in [0.29, 0.717) is 21.8 Å². The fourth-order valence-corrected chi connectivity index (χ4v) is 3.04. The van der Waals surface area contributed by atoms with Gasteiger partial charge in [-0.05, 0) is 54.1 Å². The summed E-state index contributed by atoms with van der Waals surface area (Å²) >= 11 is 5.98. The van der Waals surface area contributed by atoms with Crippen molar-refractivity contribution >= 4 is 34.6 Å². The predicted octanol–water partition coefficient (Wildman–Crippen LogP) is 5.02. The average molecular weight is 402 g/mol. The second-order valence-corrected chi connectivity index (χ2v) is 6.81. The lowest BCUT2D eigenvalue weighted by Crippen LogP contribution is -2.18. The van der Waals surface area contributed by atoms with Crippen LogP contribution in [0.3, 0.4) is 0 Å². The quantitative estimate of drug-likeness (QED) is 0.372. The molecule has 0 saturated carbocycles. The Bertz CT molecular complexity index is 1200. The lowest BCUT2D eigenvalue weighted by Gasteiger charge is -2.09. The zero-order chi connectivity index (χ0) is 20.2. The molecule has 0 unspecified atom stereocenters. The van der Waals surface area contributed by atoms with Gasteiger partial charge in [-0.2, -0.15) is 5.10 Å². The molecule has 4 rings (SSSR count). The topological polar surface area (TPSA) is 74.6 Å². The van der Waals surface area contributed by atoms with Gasteiger partial charge < -0.3 is 5.11 Å². The van der Waals surface area contributed by atoms with Gasteiger partial charge >= 0.3 is 0 Å². The minimum Gasteiger partial charge on any atom is -0.508 e. The summed E-state index contributed by atoms with van der Waals surface area (Å²) in [6.45, 7) is 0. The number of amides is 1. The van der Waals surface area contributed by atoms with E-state index in [-0.39, 0.29) is 11.7 Å². The van der Waals surface area contributed by atoms with Gasteiger partial charge in [0.15, 0.2) is 0 Å². The van der Waals surface area contributed by atoms with E-state index in [9.17, 15) is 9.90 Å². The number of pyridine rings is 1. The Hall–Kier alpha value is -3.70. The van der Waals surface area contributed by atoms with Crippen LogP contribution in [-0.2, 0) is 0 Å². The molecule has 0 saturated heterocycles. The molecular weight excluding hydrogens is 386 g/mol. The SMILES string of the molecule is O=C(NN=Cc1ccc(O)cc1)c1cc(-c2ccc(Cl)cc2)nc2ccccc12. The number of hydrogen-bond acceptors (Lipinski definition) is 4. The molecule has 0 aliphatic carbocycles. The maximum atomic E-state index is 12.8. The van der Waals surface area contributed by atoms with E-state index in [4.69, 9.17) is 11.6 Å². The number of para-hydroxylation sites is 1. The normalized spacial score (nSPS) is 11.1. The summed E-state index contributed by atoms with van der Waals surface area (Å²) in [5, 5.41) is 14.7. The van der Waals surface area contributed by atoms with E-state index < -0.39 is 0 Å². The first-order valence-corrected chi connectivity index (χ1v) is 9.26. The van der Waals surface area contributed by atoms with Gasteiger partial charge in [0, 0.05) is 16.0 Å². The molecule has 3 aromatic carbocycles. The second-order valence-electron chi connectivity index (χ2n) is 6.37. The Morgan fingerprint density at radius 1 is 1.00 bits per heavy atom. The highest BCUT2D eigenvalue weighted by Crippen LogP contribution is 2.26. The van der Waals surface area contributed by atoms with E-state index in [1.54, 1.807) is 42.5 Å². The number of carbonyl (C=O) groups excluding carboxylic acids is 1. The van der Waals surface area contributed by atoms with Gasteiger partial charge in [-0.3, -0.25) is 4.79 Å². The number of aromatic hydroxyl groups is 1. The summed E-state index contributed by atoms with van der Waals surface area (Å²) < 4.78 is 0. The van der Waals surface area contributed by atoms with Crippen molar-refractivity contribution in [3.05, 3.63) is 95.0 Å². The molecule has 0 aliphatic rings. The van der Waals surface area contributed by atoms with Crippen molar-refractivity contribution in [2.24, 2.45) is 5.10 Å². The van der Waals surface area contributed by atoms with E-state index in [1.807, 2.05) is 36.4 Å². The zero-order valence-corrected chi connectivity index (χ0v) is 16.0. The predicted molar refractivity (Wildman–Crippen MR) is 115 cm³/mol. The molecular formula is C23H16ClN3O2. The van der Waals surface area contributed by atoms with Crippen molar-refractivity contribution in [1.29, 1.82) is 0 Å². The molecule has 1 aromatic heterocycles. The number of rotatable bonds is 4. The lowest BCUT2D eigenvalue weighted by molar-refractivity contribution is 0.0956. The third-order valence-corrected chi connectivity index (χ3v) is 4.63. The second kappa shape index (κ2) is 8.12. The molecule has 29 heavy (non-hydrogen) atoms. The van der Waals surface area contributed by atoms with Crippen molar-refractivity contribution < 1.29 is 9.90 Å². The molecule has 6 heteroatoms. The van der Waals surface area contributed by atoms with Gasteiger partial charge in [-0.15, -0.1) is 0 Å². The van der Waals surface area contributed by atoms with E-state index in [2.05, 4.69) is 15.5 Å². The highest BCUT2D eigenvalue weighted by Gasteiger charge is 2.13. The van der Waals surface area contributed by atoms with Gasteiger partial charge in [-0.25, -0.2) is 10.4 Å². The van der Waals surface area contributed by atoms with Crippen LogP contribution in [0.15, 0.2) is 84.0 Å². The Morgan fingerprint density at radius 3 is 2.48 bits per heavy atom. The number of benzene rings is 3. The summed E-state index contributed by atoms with van der Waals surface area (Å²) in [7, 11) is 0. The molecule has 2 N–H and O–H groups in total. The number of phenolic OH excluding ortho intramolecular Hbond substituents is 1. The minimum atomic E-state index is -0.339. The van der Waals surface area contributed by atoms with Gasteiger partial charge in [0.2, 0.25) is 0 Å². The monoisotopic (exact) mass is 401 g/mol. The van der Waals surface area contributed by atoms with Crippen molar-refractivity contribution in [3.8, 4) is 17.0 Å². The van der Waals surface area contributed by atoms with Gasteiger partial charge in [0.05, 0.1) is 23.0 Å². The van der Waals surface area contributed by atoms with Crippen LogP contribution in [0.5, 0.6) is 5.75 Å². The fraction of sp³-hybridized carbons (Fsp3) is 0. The standard InChI is InChI=1S/C23H16ClN3O2/c24-17-9-7-16(8-10-17)22-13-20(19-3-1-2-4-21(19)26-22)23(29)27-25-14-15-5-11-18(28)12-6-15/h1-14,28H,(H,27,29). The molecule has 5 nitrogen and oxygen atoms in total. The number of nitrogens with one attached hydrogen (secondary N) is 1. The van der Waals surface area contributed by atoms with Crippen LogP contribution in [0.25, 0.3) is 22.2 Å². The number of halogens is 1. The molecule has 0 aliphatic heterocycles. The van der Waals surface area contributed by atoms with Crippen molar-refractivity contribution in [2.45, 2.75) is 0 Å². The molecule has 0 bridgehead atoms.